The Morgan fingerprint density at radius 3 is 2.89 bits per heavy atom. The van der Waals surface area contributed by atoms with Crippen LogP contribution in [0.5, 0.6) is 0 Å². The van der Waals surface area contributed by atoms with Crippen molar-refractivity contribution in [2.75, 3.05) is 19.9 Å². The van der Waals surface area contributed by atoms with Crippen LogP contribution in [0.15, 0.2) is 15.9 Å². The summed E-state index contributed by atoms with van der Waals surface area (Å²) in [6.45, 7) is 3.74. The highest BCUT2D eigenvalue weighted by atomic mass is 32.2. The average molecular weight is 272 g/mol. The summed E-state index contributed by atoms with van der Waals surface area (Å²) in [5.74, 6) is 0.621. The van der Waals surface area contributed by atoms with E-state index in [0.29, 0.717) is 11.6 Å². The number of hydrogen-bond acceptors (Lipinski definition) is 6. The molecule has 0 aliphatic heterocycles. The molecule has 0 aliphatic carbocycles. The van der Waals surface area contributed by atoms with Gasteiger partial charge in [-0.3, -0.25) is 4.79 Å². The van der Waals surface area contributed by atoms with Crippen LogP contribution in [0.3, 0.4) is 0 Å². The molecule has 1 aromatic rings. The fraction of sp³-hybridized carbons (Fsp3) is 0.667. The lowest BCUT2D eigenvalue weighted by Gasteiger charge is -2.25. The molecule has 0 amide bonds. The minimum Gasteiger partial charge on any atom is -0.468 e. The molecular weight excluding hydrogens is 252 g/mol. The number of methoxy groups -OCH3 is 1. The van der Waals surface area contributed by atoms with Crippen molar-refractivity contribution in [3.05, 3.63) is 12.0 Å². The van der Waals surface area contributed by atoms with Crippen LogP contribution < -0.4 is 5.32 Å². The van der Waals surface area contributed by atoms with Gasteiger partial charge >= 0.3 is 5.97 Å². The zero-order chi connectivity index (χ0) is 13.6. The largest absolute Gasteiger partial charge is 0.468 e. The van der Waals surface area contributed by atoms with Gasteiger partial charge < -0.3 is 14.5 Å². The number of oxazole rings is 1. The quantitative estimate of drug-likeness (QED) is 0.465. The van der Waals surface area contributed by atoms with Gasteiger partial charge in [0, 0.05) is 5.75 Å². The number of carbonyl (C=O) groups is 1. The SMILES string of the molecule is CNC(C)(CCCSc1nc(C)co1)C(=O)OC. The lowest BCUT2D eigenvalue weighted by Crippen LogP contribution is -2.48. The molecule has 1 aromatic heterocycles. The summed E-state index contributed by atoms with van der Waals surface area (Å²) < 4.78 is 10.0. The van der Waals surface area contributed by atoms with Gasteiger partial charge in [-0.05, 0) is 33.7 Å². The number of nitrogens with zero attached hydrogens (tertiary/aromatic N) is 1. The van der Waals surface area contributed by atoms with Crippen molar-refractivity contribution in [1.29, 1.82) is 0 Å². The highest BCUT2D eigenvalue weighted by Crippen LogP contribution is 2.21. The number of carbonyl (C=O) groups excluding carboxylic acids is 1. The first-order valence-electron chi connectivity index (χ1n) is 5.84. The third kappa shape index (κ3) is 4.03. The molecule has 1 atom stereocenters. The minimum atomic E-state index is -0.623. The molecule has 1 heterocycles. The monoisotopic (exact) mass is 272 g/mol. The number of aromatic nitrogens is 1. The lowest BCUT2D eigenvalue weighted by molar-refractivity contribution is -0.148. The molecule has 0 radical (unpaired) electrons. The molecule has 0 aliphatic rings. The normalized spacial score (nSPS) is 14.2. The summed E-state index contributed by atoms with van der Waals surface area (Å²) in [5, 5.41) is 3.69. The van der Waals surface area contributed by atoms with E-state index in [9.17, 15) is 4.79 Å². The van der Waals surface area contributed by atoms with E-state index in [4.69, 9.17) is 9.15 Å². The molecule has 0 bridgehead atoms. The Hall–Kier alpha value is -1.01. The first-order chi connectivity index (χ1) is 8.51. The summed E-state index contributed by atoms with van der Waals surface area (Å²) in [6.07, 6.45) is 3.22. The maximum Gasteiger partial charge on any atom is 0.325 e. The number of likely N-dealkylation sites (N-methyl/N-ethyl adjacent to an activating group) is 1. The number of nitrogens with one attached hydrogen (secondary N) is 1. The summed E-state index contributed by atoms with van der Waals surface area (Å²) >= 11 is 1.55. The maximum absolute atomic E-state index is 11.6. The van der Waals surface area contributed by atoms with Gasteiger partial charge in [0.2, 0.25) is 0 Å². The van der Waals surface area contributed by atoms with Crippen molar-refractivity contribution in [2.24, 2.45) is 0 Å². The van der Waals surface area contributed by atoms with Crippen LogP contribution in [0.25, 0.3) is 0 Å². The van der Waals surface area contributed by atoms with Crippen LogP contribution in [-0.4, -0.2) is 36.4 Å². The van der Waals surface area contributed by atoms with Crippen molar-refractivity contribution in [3.8, 4) is 0 Å². The third-order valence-corrected chi connectivity index (χ3v) is 3.76. The molecular formula is C12H20N2O3S. The fourth-order valence-corrected chi connectivity index (χ4v) is 2.33. The highest BCUT2D eigenvalue weighted by Gasteiger charge is 2.31. The second-order valence-electron chi connectivity index (χ2n) is 4.28. The van der Waals surface area contributed by atoms with Gasteiger partial charge in [0.05, 0.1) is 12.8 Å². The Balaban J connectivity index is 2.34. The van der Waals surface area contributed by atoms with Gasteiger partial charge in [-0.25, -0.2) is 4.98 Å². The smallest absolute Gasteiger partial charge is 0.325 e. The van der Waals surface area contributed by atoms with E-state index in [1.54, 1.807) is 25.1 Å². The molecule has 0 saturated carbocycles. The van der Waals surface area contributed by atoms with E-state index >= 15 is 0 Å². The summed E-state index contributed by atoms with van der Waals surface area (Å²) in [4.78, 5) is 15.8. The van der Waals surface area contributed by atoms with E-state index < -0.39 is 5.54 Å². The number of esters is 1. The third-order valence-electron chi connectivity index (χ3n) is 2.83. The first-order valence-corrected chi connectivity index (χ1v) is 6.82. The topological polar surface area (TPSA) is 64.4 Å². The number of rotatable bonds is 7. The summed E-state index contributed by atoms with van der Waals surface area (Å²) in [7, 11) is 3.17. The summed E-state index contributed by atoms with van der Waals surface area (Å²) in [6, 6.07) is 0. The molecule has 1 unspecified atom stereocenters. The van der Waals surface area contributed by atoms with Crippen LogP contribution in [0.2, 0.25) is 0 Å². The molecule has 1 N–H and O–H groups in total. The fourth-order valence-electron chi connectivity index (χ4n) is 1.54. The molecule has 18 heavy (non-hydrogen) atoms. The van der Waals surface area contributed by atoms with Crippen molar-refractivity contribution >= 4 is 17.7 Å². The molecule has 1 rings (SSSR count). The molecule has 0 aromatic carbocycles. The maximum atomic E-state index is 11.6. The zero-order valence-corrected chi connectivity index (χ0v) is 12.1. The van der Waals surface area contributed by atoms with Gasteiger partial charge in [0.1, 0.15) is 11.8 Å². The van der Waals surface area contributed by atoms with Crippen molar-refractivity contribution in [2.45, 2.75) is 37.5 Å². The van der Waals surface area contributed by atoms with Crippen molar-refractivity contribution in [1.82, 2.24) is 10.3 Å². The second-order valence-corrected chi connectivity index (χ2v) is 5.33. The van der Waals surface area contributed by atoms with Crippen LogP contribution in [-0.2, 0) is 9.53 Å². The Bertz CT molecular complexity index is 394. The van der Waals surface area contributed by atoms with Crippen LogP contribution in [0.4, 0.5) is 0 Å². The van der Waals surface area contributed by atoms with Crippen LogP contribution in [0, 0.1) is 6.92 Å². The number of hydrogen-bond donors (Lipinski definition) is 1. The van der Waals surface area contributed by atoms with Gasteiger partial charge in [0.15, 0.2) is 0 Å². The number of thioether (sulfide) groups is 1. The molecule has 0 saturated heterocycles. The molecule has 0 spiro atoms. The standard InChI is InChI=1S/C12H20N2O3S/c1-9-8-17-11(14-9)18-7-5-6-12(2,13-3)10(15)16-4/h8,13H,5-7H2,1-4H3. The lowest BCUT2D eigenvalue weighted by atomic mass is 9.97. The Morgan fingerprint density at radius 1 is 1.67 bits per heavy atom. The average Bonchev–Trinajstić information content (AvgIpc) is 2.79. The zero-order valence-electron chi connectivity index (χ0n) is 11.3. The second kappa shape index (κ2) is 6.80. The van der Waals surface area contributed by atoms with Crippen LogP contribution >= 0.6 is 11.8 Å². The molecule has 102 valence electrons. The molecule has 5 nitrogen and oxygen atoms in total. The highest BCUT2D eigenvalue weighted by molar-refractivity contribution is 7.99. The minimum absolute atomic E-state index is 0.234. The Morgan fingerprint density at radius 2 is 2.39 bits per heavy atom. The van der Waals surface area contributed by atoms with Gasteiger partial charge in [0.25, 0.3) is 5.22 Å². The number of ether oxygens (including phenoxy) is 1. The Kier molecular flexibility index (Phi) is 5.68. The van der Waals surface area contributed by atoms with E-state index in [-0.39, 0.29) is 5.97 Å². The van der Waals surface area contributed by atoms with Crippen molar-refractivity contribution in [3.63, 3.8) is 0 Å². The van der Waals surface area contributed by atoms with Gasteiger partial charge in [-0.15, -0.1) is 0 Å². The first kappa shape index (κ1) is 15.0. The molecule has 0 fully saturated rings. The summed E-state index contributed by atoms with van der Waals surface area (Å²) in [5.41, 5.74) is 0.258. The van der Waals surface area contributed by atoms with Crippen molar-refractivity contribution < 1.29 is 13.9 Å². The number of aryl methyl sites for hydroxylation is 1. The Labute approximate surface area is 112 Å². The van der Waals surface area contributed by atoms with Crippen LogP contribution in [0.1, 0.15) is 25.5 Å². The van der Waals surface area contributed by atoms with E-state index in [1.165, 1.54) is 7.11 Å². The van der Waals surface area contributed by atoms with Gasteiger partial charge in [-0.1, -0.05) is 11.8 Å². The van der Waals surface area contributed by atoms with E-state index in [2.05, 4.69) is 10.3 Å². The van der Waals surface area contributed by atoms with E-state index in [1.807, 2.05) is 13.8 Å². The predicted molar refractivity (Wildman–Crippen MR) is 70.7 cm³/mol. The van der Waals surface area contributed by atoms with Gasteiger partial charge in [-0.2, -0.15) is 0 Å². The predicted octanol–water partition coefficient (Wildman–Crippen LogP) is 2.01. The molecule has 6 heteroatoms. The van der Waals surface area contributed by atoms with E-state index in [0.717, 1.165) is 17.9 Å².